The molecule has 2 aromatic heterocycles. The van der Waals surface area contributed by atoms with Crippen molar-refractivity contribution in [1.82, 2.24) is 4.57 Å². The summed E-state index contributed by atoms with van der Waals surface area (Å²) < 4.78 is 12.1. The average Bonchev–Trinajstić information content (AvgIpc) is 2.82. The molecule has 0 aliphatic carbocycles. The molecule has 0 N–H and O–H groups in total. The summed E-state index contributed by atoms with van der Waals surface area (Å²) in [6, 6.07) is 9.38. The van der Waals surface area contributed by atoms with Gasteiger partial charge >= 0.3 is 11.6 Å². The predicted molar refractivity (Wildman–Crippen MR) is 84.3 cm³/mol. The fraction of sp³-hybridized carbons (Fsp3) is 0.294. The Labute approximate surface area is 127 Å². The van der Waals surface area contributed by atoms with Crippen LogP contribution in [0.2, 0.25) is 0 Å². The van der Waals surface area contributed by atoms with E-state index < -0.39 is 11.6 Å². The summed E-state index contributed by atoms with van der Waals surface area (Å²) in [5, 5.41) is 1.33. The Bertz CT molecular complexity index is 917. The molecule has 0 aliphatic rings. The molecular weight excluding hydrogens is 282 g/mol. The molecule has 0 unspecified atom stereocenters. The van der Waals surface area contributed by atoms with Crippen LogP contribution in [0.15, 0.2) is 39.5 Å². The lowest BCUT2D eigenvalue weighted by atomic mass is 10.2. The highest BCUT2D eigenvalue weighted by atomic mass is 16.5. The zero-order valence-corrected chi connectivity index (χ0v) is 12.8. The van der Waals surface area contributed by atoms with Crippen molar-refractivity contribution in [2.45, 2.75) is 26.8 Å². The number of esters is 1. The highest BCUT2D eigenvalue weighted by Crippen LogP contribution is 2.30. The van der Waals surface area contributed by atoms with Gasteiger partial charge in [0, 0.05) is 23.0 Å². The van der Waals surface area contributed by atoms with Crippen molar-refractivity contribution < 1.29 is 13.9 Å². The molecule has 0 bridgehead atoms. The smallest absolute Gasteiger partial charge is 0.374 e. The zero-order valence-electron chi connectivity index (χ0n) is 12.8. The number of carbonyl (C=O) groups excluding carboxylic acids is 1. The number of benzene rings is 1. The molecule has 114 valence electrons. The number of rotatable bonds is 3. The number of hydrogen-bond acceptors (Lipinski definition) is 4. The highest BCUT2D eigenvalue weighted by molar-refractivity contribution is 6.08. The molecule has 3 aromatic rings. The molecule has 22 heavy (non-hydrogen) atoms. The first kappa shape index (κ1) is 14.4. The minimum Gasteiger partial charge on any atom is -0.460 e. The van der Waals surface area contributed by atoms with Crippen molar-refractivity contribution in [3.63, 3.8) is 0 Å². The van der Waals surface area contributed by atoms with E-state index in [0.29, 0.717) is 10.9 Å². The van der Waals surface area contributed by atoms with E-state index in [-0.39, 0.29) is 18.4 Å². The summed E-state index contributed by atoms with van der Waals surface area (Å²) in [6.07, 6.45) is 0. The summed E-state index contributed by atoms with van der Waals surface area (Å²) in [5.74, 6) is -0.689. The number of nitrogens with zero attached hydrogens (tertiary/aromatic N) is 1. The van der Waals surface area contributed by atoms with Crippen LogP contribution >= 0.6 is 0 Å². The van der Waals surface area contributed by atoms with Gasteiger partial charge in [-0.15, -0.1) is 0 Å². The van der Waals surface area contributed by atoms with Crippen LogP contribution in [-0.4, -0.2) is 17.1 Å². The Balaban J connectivity index is 2.42. The van der Waals surface area contributed by atoms with Gasteiger partial charge in [-0.05, 0) is 26.8 Å². The molecule has 3 rings (SSSR count). The van der Waals surface area contributed by atoms with E-state index in [1.54, 1.807) is 13.0 Å². The second-order valence-electron chi connectivity index (χ2n) is 5.36. The molecule has 0 fully saturated rings. The molecule has 0 spiro atoms. The quantitative estimate of drug-likeness (QED) is 0.694. The first-order valence-electron chi connectivity index (χ1n) is 7.28. The van der Waals surface area contributed by atoms with Gasteiger partial charge in [-0.3, -0.25) is 0 Å². The molecule has 5 heteroatoms. The normalized spacial score (nSPS) is 11.5. The maximum Gasteiger partial charge on any atom is 0.374 e. The standard InChI is InChI=1S/C17H17NO4/c1-4-21-16(19)14-9-13-15(17(20)22-14)11-7-5-6-8-12(11)18(13)10(2)3/h5-10H,4H2,1-3H3. The zero-order chi connectivity index (χ0) is 15.9. The Morgan fingerprint density at radius 1 is 1.27 bits per heavy atom. The molecule has 0 atom stereocenters. The molecule has 0 saturated heterocycles. The Kier molecular flexibility index (Phi) is 3.48. The number of fused-ring (bicyclic) bond motifs is 3. The first-order valence-corrected chi connectivity index (χ1v) is 7.28. The molecule has 0 saturated carbocycles. The molecule has 5 nitrogen and oxygen atoms in total. The van der Waals surface area contributed by atoms with Crippen LogP contribution < -0.4 is 5.63 Å². The van der Waals surface area contributed by atoms with Gasteiger partial charge in [0.2, 0.25) is 5.76 Å². The summed E-state index contributed by atoms with van der Waals surface area (Å²) in [7, 11) is 0. The van der Waals surface area contributed by atoms with Crippen molar-refractivity contribution in [1.29, 1.82) is 0 Å². The molecule has 2 heterocycles. The van der Waals surface area contributed by atoms with Crippen molar-refractivity contribution in [3.05, 3.63) is 46.5 Å². The minimum absolute atomic E-state index is 0.0657. The summed E-state index contributed by atoms with van der Waals surface area (Å²) >= 11 is 0. The molecule has 1 aromatic carbocycles. The second-order valence-corrected chi connectivity index (χ2v) is 5.36. The Hall–Kier alpha value is -2.56. The van der Waals surface area contributed by atoms with Gasteiger partial charge in [0.15, 0.2) is 0 Å². The van der Waals surface area contributed by atoms with Crippen LogP contribution in [0.3, 0.4) is 0 Å². The van der Waals surface area contributed by atoms with Crippen LogP contribution in [0.4, 0.5) is 0 Å². The number of ether oxygens (including phenoxy) is 1. The molecule has 0 amide bonds. The fourth-order valence-corrected chi connectivity index (χ4v) is 2.80. The maximum absolute atomic E-state index is 12.4. The highest BCUT2D eigenvalue weighted by Gasteiger charge is 2.20. The molecule has 0 radical (unpaired) electrons. The number of para-hydroxylation sites is 1. The van der Waals surface area contributed by atoms with E-state index in [4.69, 9.17) is 9.15 Å². The van der Waals surface area contributed by atoms with Crippen LogP contribution in [0, 0.1) is 0 Å². The lowest BCUT2D eigenvalue weighted by Gasteiger charge is -2.11. The van der Waals surface area contributed by atoms with Gasteiger partial charge in [0.1, 0.15) is 0 Å². The lowest BCUT2D eigenvalue weighted by molar-refractivity contribution is 0.0485. The van der Waals surface area contributed by atoms with Crippen molar-refractivity contribution in [2.75, 3.05) is 6.61 Å². The third-order valence-corrected chi connectivity index (χ3v) is 3.62. The van der Waals surface area contributed by atoms with E-state index in [2.05, 4.69) is 0 Å². The minimum atomic E-state index is -0.623. The van der Waals surface area contributed by atoms with Crippen LogP contribution in [0.25, 0.3) is 21.8 Å². The second kappa shape index (κ2) is 5.33. The maximum atomic E-state index is 12.4. The van der Waals surface area contributed by atoms with Gasteiger partial charge < -0.3 is 13.7 Å². The number of aromatic nitrogens is 1. The average molecular weight is 299 g/mol. The van der Waals surface area contributed by atoms with Gasteiger partial charge in [-0.1, -0.05) is 18.2 Å². The lowest BCUT2D eigenvalue weighted by Crippen LogP contribution is -2.11. The summed E-state index contributed by atoms with van der Waals surface area (Å²) in [6.45, 7) is 6.00. The van der Waals surface area contributed by atoms with E-state index in [0.717, 1.165) is 10.9 Å². The van der Waals surface area contributed by atoms with Crippen molar-refractivity contribution in [2.24, 2.45) is 0 Å². The van der Waals surface area contributed by atoms with Crippen molar-refractivity contribution >= 4 is 27.8 Å². The largest absolute Gasteiger partial charge is 0.460 e. The number of carbonyl (C=O) groups is 1. The SMILES string of the molecule is CCOC(=O)c1cc2c(c(=O)o1)c1ccccc1n2C(C)C. The fourth-order valence-electron chi connectivity index (χ4n) is 2.80. The van der Waals surface area contributed by atoms with Gasteiger partial charge in [-0.25, -0.2) is 9.59 Å². The summed E-state index contributed by atoms with van der Waals surface area (Å²) in [4.78, 5) is 24.2. The topological polar surface area (TPSA) is 61.4 Å². The van der Waals surface area contributed by atoms with E-state index >= 15 is 0 Å². The Morgan fingerprint density at radius 3 is 2.68 bits per heavy atom. The Morgan fingerprint density at radius 2 is 2.00 bits per heavy atom. The monoisotopic (exact) mass is 299 g/mol. The third kappa shape index (κ3) is 2.09. The molecule has 0 aliphatic heterocycles. The van der Waals surface area contributed by atoms with Gasteiger partial charge in [0.25, 0.3) is 0 Å². The van der Waals surface area contributed by atoms with E-state index in [1.165, 1.54) is 0 Å². The van der Waals surface area contributed by atoms with Crippen molar-refractivity contribution in [3.8, 4) is 0 Å². The van der Waals surface area contributed by atoms with E-state index in [1.807, 2.05) is 42.7 Å². The van der Waals surface area contributed by atoms with Crippen LogP contribution in [0.1, 0.15) is 37.4 Å². The number of hydrogen-bond donors (Lipinski definition) is 0. The van der Waals surface area contributed by atoms with Gasteiger partial charge in [-0.2, -0.15) is 0 Å². The summed E-state index contributed by atoms with van der Waals surface area (Å²) in [5.41, 5.74) is 1.12. The predicted octanol–water partition coefficient (Wildman–Crippen LogP) is 3.51. The van der Waals surface area contributed by atoms with Crippen LogP contribution in [0.5, 0.6) is 0 Å². The van der Waals surface area contributed by atoms with Gasteiger partial charge in [0.05, 0.1) is 17.5 Å². The molecular formula is C17H17NO4. The third-order valence-electron chi connectivity index (χ3n) is 3.62. The van der Waals surface area contributed by atoms with Crippen LogP contribution in [-0.2, 0) is 4.74 Å². The van der Waals surface area contributed by atoms with E-state index in [9.17, 15) is 9.59 Å². The first-order chi connectivity index (χ1) is 10.5.